The Balaban J connectivity index is 6.27. The predicted molar refractivity (Wildman–Crippen MR) is 310 cm³/mol. The molecular weight excluding hydrogens is 913 g/mol. The zero-order valence-electron chi connectivity index (χ0n) is 50.6. The highest BCUT2D eigenvalue weighted by Crippen LogP contribution is 2.31. The molecule has 0 bridgehead atoms. The van der Waals surface area contributed by atoms with Gasteiger partial charge < -0.3 is 33.2 Å². The van der Waals surface area contributed by atoms with Crippen molar-refractivity contribution in [2.24, 2.45) is 0 Å². The minimum absolute atomic E-state index is 0.0333. The molecule has 440 valence electrons. The number of unbranched alkanes of at least 4 members (excludes halogenated alkanes) is 34. The van der Waals surface area contributed by atoms with Gasteiger partial charge >= 0.3 is 0 Å². The van der Waals surface area contributed by atoms with E-state index < -0.39 is 24.5 Å². The second-order valence-electron chi connectivity index (χ2n) is 21.7. The van der Waals surface area contributed by atoms with Gasteiger partial charge in [-0.25, -0.2) is 0 Å². The summed E-state index contributed by atoms with van der Waals surface area (Å²) in [5.41, 5.74) is 0. The number of ether oxygens (including phenoxy) is 9. The maximum atomic E-state index is 7.01. The summed E-state index contributed by atoms with van der Waals surface area (Å²) in [6.45, 7) is 20.7. The second kappa shape index (κ2) is 57.8. The lowest BCUT2D eigenvalue weighted by atomic mass is 10.1. The molecule has 0 aliphatic carbocycles. The molecule has 0 aromatic carbocycles. The molecule has 2 atom stereocenters. The van der Waals surface area contributed by atoms with Crippen LogP contribution in [0.2, 0.25) is 0 Å². The molecule has 0 rings (SSSR count). The average molecular weight is 1040 g/mol. The summed E-state index contributed by atoms with van der Waals surface area (Å²) in [5.74, 6) is -2.29. The Kier molecular flexibility index (Phi) is 57.5. The van der Waals surface area contributed by atoms with Crippen LogP contribution in [0.1, 0.15) is 351 Å². The molecular formula is C64H130O9. The third-order valence-corrected chi connectivity index (χ3v) is 14.3. The molecule has 0 N–H and O–H groups in total. The fourth-order valence-corrected chi connectivity index (χ4v) is 9.47. The molecule has 0 aromatic heterocycles. The van der Waals surface area contributed by atoms with Gasteiger partial charge in [0.05, 0.1) is 26.4 Å². The molecule has 0 heterocycles. The zero-order chi connectivity index (χ0) is 53.3. The van der Waals surface area contributed by atoms with Gasteiger partial charge in [0.2, 0.25) is 0 Å². The van der Waals surface area contributed by atoms with Crippen LogP contribution in [0.15, 0.2) is 0 Å². The summed E-state index contributed by atoms with van der Waals surface area (Å²) in [7, 11) is 0. The first-order valence-corrected chi connectivity index (χ1v) is 32.7. The first-order valence-electron chi connectivity index (χ1n) is 32.7. The van der Waals surface area contributed by atoms with Crippen LogP contribution < -0.4 is 0 Å². The highest BCUT2D eigenvalue weighted by molar-refractivity contribution is 4.66. The molecule has 9 nitrogen and oxygen atoms in total. The standard InChI is InChI=1S/C64H130O9/c1-9-17-25-31-35-39-47-55-68-63(53-45-29-21-13-5,69-56-48-40-36-32-26-18-10-2)72-61(51-43-23-15-7)66-59-65-60-67-62(52-44-24-16-8)73-64(54-46-30-22-14-6,70-57-49-41-37-33-27-19-11-3)71-58-50-42-38-34-28-20-12-4/h61-62H,9-60H2,1-8H3. The molecule has 9 heteroatoms. The van der Waals surface area contributed by atoms with Gasteiger partial charge in [-0.15, -0.1) is 0 Å². The highest BCUT2D eigenvalue weighted by Gasteiger charge is 2.38. The maximum Gasteiger partial charge on any atom is 0.285 e. The Hall–Kier alpha value is -0.360. The molecule has 0 aliphatic rings. The summed E-state index contributed by atoms with van der Waals surface area (Å²) in [5, 5.41) is 0. The van der Waals surface area contributed by atoms with Gasteiger partial charge in [-0.3, -0.25) is 9.47 Å². The number of hydrogen-bond acceptors (Lipinski definition) is 9. The van der Waals surface area contributed by atoms with E-state index in [1.165, 1.54) is 154 Å². The Bertz CT molecular complexity index is 913. The van der Waals surface area contributed by atoms with Crippen molar-refractivity contribution in [2.75, 3.05) is 40.0 Å². The van der Waals surface area contributed by atoms with Crippen LogP contribution in [-0.4, -0.2) is 64.5 Å². The van der Waals surface area contributed by atoms with Crippen LogP contribution in [0.4, 0.5) is 0 Å². The Morgan fingerprint density at radius 3 is 0.726 bits per heavy atom. The summed E-state index contributed by atoms with van der Waals surface area (Å²) in [4.78, 5) is 0. The summed E-state index contributed by atoms with van der Waals surface area (Å²) < 4.78 is 60.6. The van der Waals surface area contributed by atoms with Crippen molar-refractivity contribution < 1.29 is 42.6 Å². The van der Waals surface area contributed by atoms with Gasteiger partial charge in [-0.05, 0) is 64.2 Å². The lowest BCUT2D eigenvalue weighted by Gasteiger charge is -2.37. The predicted octanol–water partition coefficient (Wildman–Crippen LogP) is 21.1. The molecule has 73 heavy (non-hydrogen) atoms. The second-order valence-corrected chi connectivity index (χ2v) is 21.7. The maximum absolute atomic E-state index is 7.01. The lowest BCUT2D eigenvalue weighted by Crippen LogP contribution is -2.44. The van der Waals surface area contributed by atoms with Crippen molar-refractivity contribution in [3.05, 3.63) is 0 Å². The summed E-state index contributed by atoms with van der Waals surface area (Å²) >= 11 is 0. The van der Waals surface area contributed by atoms with Gasteiger partial charge in [0.15, 0.2) is 26.2 Å². The minimum atomic E-state index is -1.14. The molecule has 0 spiro atoms. The fourth-order valence-electron chi connectivity index (χ4n) is 9.47. The van der Waals surface area contributed by atoms with E-state index in [2.05, 4.69) is 55.4 Å². The molecule has 2 unspecified atom stereocenters. The first-order chi connectivity index (χ1) is 35.9. The van der Waals surface area contributed by atoms with Crippen molar-refractivity contribution in [1.82, 2.24) is 0 Å². The normalized spacial score (nSPS) is 13.2. The Labute approximate surface area is 456 Å². The van der Waals surface area contributed by atoms with Gasteiger partial charge in [0.1, 0.15) is 0 Å². The van der Waals surface area contributed by atoms with Crippen LogP contribution in [0.25, 0.3) is 0 Å². The fraction of sp³-hybridized carbons (Fsp3) is 1.00. The van der Waals surface area contributed by atoms with E-state index in [0.717, 1.165) is 128 Å². The van der Waals surface area contributed by atoms with E-state index in [1.807, 2.05) is 0 Å². The molecule has 0 saturated carbocycles. The highest BCUT2D eigenvalue weighted by atomic mass is 16.9. The Morgan fingerprint density at radius 1 is 0.247 bits per heavy atom. The molecule has 0 fully saturated rings. The third kappa shape index (κ3) is 47.4. The summed E-state index contributed by atoms with van der Waals surface area (Å²) in [6, 6.07) is 0. The largest absolute Gasteiger partial charge is 0.329 e. The van der Waals surface area contributed by atoms with Gasteiger partial charge in [0, 0.05) is 12.8 Å². The molecule has 0 aromatic rings. The van der Waals surface area contributed by atoms with Crippen LogP contribution in [0, 0.1) is 0 Å². The van der Waals surface area contributed by atoms with Gasteiger partial charge in [-0.1, -0.05) is 274 Å². The van der Waals surface area contributed by atoms with Crippen molar-refractivity contribution in [3.63, 3.8) is 0 Å². The van der Waals surface area contributed by atoms with Crippen molar-refractivity contribution in [1.29, 1.82) is 0 Å². The third-order valence-electron chi connectivity index (χ3n) is 14.3. The molecule has 0 saturated heterocycles. The number of rotatable bonds is 64. The topological polar surface area (TPSA) is 83.1 Å². The monoisotopic (exact) mass is 1040 g/mol. The van der Waals surface area contributed by atoms with E-state index in [9.17, 15) is 0 Å². The Morgan fingerprint density at radius 2 is 0.466 bits per heavy atom. The molecule has 0 radical (unpaired) electrons. The van der Waals surface area contributed by atoms with Crippen LogP contribution >= 0.6 is 0 Å². The average Bonchev–Trinajstić information content (AvgIpc) is 3.39. The van der Waals surface area contributed by atoms with Crippen LogP contribution in [0.3, 0.4) is 0 Å². The zero-order valence-corrected chi connectivity index (χ0v) is 50.6. The van der Waals surface area contributed by atoms with E-state index in [-0.39, 0.29) is 13.6 Å². The number of hydrogen-bond donors (Lipinski definition) is 0. The van der Waals surface area contributed by atoms with Gasteiger partial charge in [0.25, 0.3) is 11.9 Å². The van der Waals surface area contributed by atoms with E-state index in [0.29, 0.717) is 39.3 Å². The van der Waals surface area contributed by atoms with E-state index >= 15 is 0 Å². The lowest BCUT2D eigenvalue weighted by molar-refractivity contribution is -0.432. The summed E-state index contributed by atoms with van der Waals surface area (Å²) in [6.07, 6.45) is 51.7. The van der Waals surface area contributed by atoms with Crippen molar-refractivity contribution in [3.8, 4) is 0 Å². The quantitative estimate of drug-likeness (QED) is 0.0437. The molecule has 0 aliphatic heterocycles. The van der Waals surface area contributed by atoms with Crippen LogP contribution in [-0.2, 0) is 42.6 Å². The van der Waals surface area contributed by atoms with Crippen molar-refractivity contribution in [2.45, 2.75) is 375 Å². The minimum Gasteiger partial charge on any atom is -0.329 e. The van der Waals surface area contributed by atoms with E-state index in [4.69, 9.17) is 42.6 Å². The smallest absolute Gasteiger partial charge is 0.285 e. The molecule has 0 amide bonds. The first kappa shape index (κ1) is 72.6. The SMILES string of the molecule is CCCCCCCCCOC(CCCCCC)(OCCCCCCCCC)OC(CCCCC)OCOCOC(CCCCC)OC(CCCCCC)(OCCCCCCCCC)OCCCCCCCCC. The van der Waals surface area contributed by atoms with Crippen LogP contribution in [0.5, 0.6) is 0 Å². The van der Waals surface area contributed by atoms with E-state index in [1.54, 1.807) is 0 Å². The van der Waals surface area contributed by atoms with Crippen molar-refractivity contribution >= 4 is 0 Å². The van der Waals surface area contributed by atoms with Gasteiger partial charge in [-0.2, -0.15) is 0 Å².